The molecular formula is C15H11BrF3N5O3. The maximum absolute atomic E-state index is 13.0. The first-order chi connectivity index (χ1) is 12.5. The molecule has 2 aromatic rings. The molecule has 0 aliphatic carbocycles. The molecule has 0 spiro atoms. The highest BCUT2D eigenvalue weighted by Crippen LogP contribution is 2.36. The molecule has 1 aromatic heterocycles. The molecule has 0 saturated heterocycles. The number of alkyl halides is 3. The lowest BCUT2D eigenvalue weighted by Crippen LogP contribution is -2.26. The zero-order valence-corrected chi connectivity index (χ0v) is 15.4. The van der Waals surface area contributed by atoms with Crippen LogP contribution in [0, 0.1) is 28.4 Å². The molecule has 1 N–H and O–H groups in total. The smallest absolute Gasteiger partial charge is 0.323 e. The second kappa shape index (κ2) is 7.36. The summed E-state index contributed by atoms with van der Waals surface area (Å²) in [6.45, 7) is 2.70. The molecule has 142 valence electrons. The fourth-order valence-electron chi connectivity index (χ4n) is 2.25. The van der Waals surface area contributed by atoms with Crippen molar-refractivity contribution in [3.05, 3.63) is 49.7 Å². The Bertz CT molecular complexity index is 965. The molecule has 1 amide bonds. The van der Waals surface area contributed by atoms with E-state index in [2.05, 4.69) is 26.3 Å². The summed E-state index contributed by atoms with van der Waals surface area (Å²) in [7, 11) is 0. The molecule has 8 nitrogen and oxygen atoms in total. The summed E-state index contributed by atoms with van der Waals surface area (Å²) in [6, 6.07) is 3.84. The Balaban J connectivity index is 2.32. The van der Waals surface area contributed by atoms with Crippen LogP contribution in [0.4, 0.5) is 24.5 Å². The van der Waals surface area contributed by atoms with Crippen LogP contribution < -0.4 is 5.32 Å². The lowest BCUT2D eigenvalue weighted by atomic mass is 10.1. The van der Waals surface area contributed by atoms with E-state index >= 15 is 0 Å². The molecule has 2 rings (SSSR count). The number of nitro benzene ring substituents is 1. The molecule has 12 heteroatoms. The lowest BCUT2D eigenvalue weighted by Gasteiger charge is -2.15. The van der Waals surface area contributed by atoms with Crippen molar-refractivity contribution >= 4 is 33.2 Å². The molecule has 0 fully saturated rings. The van der Waals surface area contributed by atoms with Crippen LogP contribution in [0.2, 0.25) is 0 Å². The van der Waals surface area contributed by atoms with E-state index in [1.807, 2.05) is 0 Å². The van der Waals surface area contributed by atoms with Gasteiger partial charge in [0.25, 0.3) is 5.69 Å². The average Bonchev–Trinajstić information content (AvgIpc) is 2.89. The van der Waals surface area contributed by atoms with Gasteiger partial charge in [-0.2, -0.15) is 23.5 Å². The number of non-ortho nitro benzene ring substituents is 1. The molecule has 0 radical (unpaired) electrons. The molecule has 0 aliphatic rings. The van der Waals surface area contributed by atoms with Gasteiger partial charge in [0, 0.05) is 12.1 Å². The van der Waals surface area contributed by atoms with E-state index in [0.717, 1.165) is 16.8 Å². The zero-order chi connectivity index (χ0) is 20.5. The van der Waals surface area contributed by atoms with Gasteiger partial charge in [-0.25, -0.2) is 0 Å². The predicted molar refractivity (Wildman–Crippen MR) is 90.8 cm³/mol. The van der Waals surface area contributed by atoms with Crippen LogP contribution in [0.1, 0.15) is 29.9 Å². The number of anilines is 1. The van der Waals surface area contributed by atoms with Crippen molar-refractivity contribution in [3.63, 3.8) is 0 Å². The number of halogens is 4. The van der Waals surface area contributed by atoms with Crippen molar-refractivity contribution in [1.82, 2.24) is 9.78 Å². The Labute approximate surface area is 158 Å². The van der Waals surface area contributed by atoms with Crippen LogP contribution in [-0.4, -0.2) is 20.6 Å². The molecule has 1 heterocycles. The highest BCUT2D eigenvalue weighted by atomic mass is 79.9. The lowest BCUT2D eigenvalue weighted by molar-refractivity contribution is -0.384. The number of nitro groups is 1. The number of carbonyl (C=O) groups excluding carboxylic acids is 1. The third kappa shape index (κ3) is 4.08. The standard InChI is InChI=1S/C15H11BrF3N5O3/c1-7-12(16)13(15(17,18)19)22-23(7)8(2)14(25)21-11-4-3-10(24(26)27)5-9(11)6-20/h3-5,8H,1-2H3,(H,21,25). The second-order valence-corrected chi connectivity index (χ2v) is 6.25. The number of hydrogen-bond donors (Lipinski definition) is 1. The van der Waals surface area contributed by atoms with Gasteiger partial charge in [-0.15, -0.1) is 0 Å². The number of benzene rings is 1. The van der Waals surface area contributed by atoms with Gasteiger partial charge in [0.05, 0.1) is 26.3 Å². The first-order valence-electron chi connectivity index (χ1n) is 7.28. The average molecular weight is 446 g/mol. The molecule has 1 aromatic carbocycles. The van der Waals surface area contributed by atoms with Crippen molar-refractivity contribution in [2.75, 3.05) is 5.32 Å². The highest BCUT2D eigenvalue weighted by molar-refractivity contribution is 9.10. The van der Waals surface area contributed by atoms with Gasteiger partial charge in [-0.05, 0) is 35.8 Å². The molecule has 0 saturated carbocycles. The SMILES string of the molecule is Cc1c(Br)c(C(F)(F)F)nn1C(C)C(=O)Nc1ccc([N+](=O)[O-])cc1C#N. The molecule has 27 heavy (non-hydrogen) atoms. The maximum atomic E-state index is 13.0. The fourth-order valence-corrected chi connectivity index (χ4v) is 2.74. The first kappa shape index (κ1) is 20.4. The minimum Gasteiger partial charge on any atom is -0.323 e. The largest absolute Gasteiger partial charge is 0.436 e. The Hall–Kier alpha value is -2.94. The number of nitrogens with one attached hydrogen (secondary N) is 1. The summed E-state index contributed by atoms with van der Waals surface area (Å²) in [5.74, 6) is -0.743. The topological polar surface area (TPSA) is 114 Å². The summed E-state index contributed by atoms with van der Waals surface area (Å²) in [5.41, 5.74) is -1.56. The quantitative estimate of drug-likeness (QED) is 0.565. The molecule has 1 atom stereocenters. The van der Waals surface area contributed by atoms with Crippen LogP contribution in [0.5, 0.6) is 0 Å². The molecule has 0 bridgehead atoms. The van der Waals surface area contributed by atoms with Gasteiger partial charge >= 0.3 is 6.18 Å². The predicted octanol–water partition coefficient (Wildman–Crippen LogP) is 3.95. The van der Waals surface area contributed by atoms with Gasteiger partial charge in [-0.1, -0.05) is 0 Å². The fraction of sp³-hybridized carbons (Fsp3) is 0.267. The molecule has 0 aliphatic heterocycles. The minimum atomic E-state index is -4.70. The van der Waals surface area contributed by atoms with Crippen molar-refractivity contribution in [1.29, 1.82) is 5.26 Å². The van der Waals surface area contributed by atoms with Crippen molar-refractivity contribution in [3.8, 4) is 6.07 Å². The Morgan fingerprint density at radius 2 is 2.11 bits per heavy atom. The van der Waals surface area contributed by atoms with Crippen LogP contribution >= 0.6 is 15.9 Å². The van der Waals surface area contributed by atoms with Gasteiger partial charge in [-0.3, -0.25) is 19.6 Å². The van der Waals surface area contributed by atoms with Crippen LogP contribution in [0.3, 0.4) is 0 Å². The Morgan fingerprint density at radius 1 is 1.48 bits per heavy atom. The molecule has 1 unspecified atom stereocenters. The van der Waals surface area contributed by atoms with Gasteiger partial charge < -0.3 is 5.32 Å². The van der Waals surface area contributed by atoms with E-state index in [-0.39, 0.29) is 27.1 Å². The summed E-state index contributed by atoms with van der Waals surface area (Å²) >= 11 is 2.82. The highest BCUT2D eigenvalue weighted by Gasteiger charge is 2.39. The summed E-state index contributed by atoms with van der Waals surface area (Å²) < 4.78 is 39.5. The third-order valence-corrected chi connectivity index (χ3v) is 4.63. The van der Waals surface area contributed by atoms with Crippen molar-refractivity contribution in [2.45, 2.75) is 26.1 Å². The minimum absolute atomic E-state index is 0.000121. The number of hydrogen-bond acceptors (Lipinski definition) is 5. The third-order valence-electron chi connectivity index (χ3n) is 3.68. The number of nitriles is 1. The summed E-state index contributed by atoms with van der Waals surface area (Å²) in [6.07, 6.45) is -4.70. The zero-order valence-electron chi connectivity index (χ0n) is 13.8. The van der Waals surface area contributed by atoms with E-state index < -0.39 is 28.7 Å². The summed E-state index contributed by atoms with van der Waals surface area (Å²) in [5, 5.41) is 25.7. The number of aromatic nitrogens is 2. The van der Waals surface area contributed by atoms with Crippen LogP contribution in [-0.2, 0) is 11.0 Å². The Kier molecular flexibility index (Phi) is 5.55. The summed E-state index contributed by atoms with van der Waals surface area (Å²) in [4.78, 5) is 22.5. The number of rotatable bonds is 4. The monoisotopic (exact) mass is 445 g/mol. The van der Waals surface area contributed by atoms with Crippen molar-refractivity contribution in [2.24, 2.45) is 0 Å². The second-order valence-electron chi connectivity index (χ2n) is 5.45. The van der Waals surface area contributed by atoms with Crippen LogP contribution in [0.25, 0.3) is 0 Å². The number of amides is 1. The van der Waals surface area contributed by atoms with E-state index in [0.29, 0.717) is 0 Å². The van der Waals surface area contributed by atoms with Gasteiger partial charge in [0.2, 0.25) is 5.91 Å². The van der Waals surface area contributed by atoms with Gasteiger partial charge in [0.15, 0.2) is 5.69 Å². The van der Waals surface area contributed by atoms with Crippen LogP contribution in [0.15, 0.2) is 22.7 Å². The van der Waals surface area contributed by atoms with E-state index in [1.54, 1.807) is 6.07 Å². The van der Waals surface area contributed by atoms with E-state index in [1.165, 1.54) is 19.9 Å². The van der Waals surface area contributed by atoms with E-state index in [9.17, 15) is 28.1 Å². The van der Waals surface area contributed by atoms with E-state index in [4.69, 9.17) is 5.26 Å². The first-order valence-corrected chi connectivity index (χ1v) is 8.07. The Morgan fingerprint density at radius 3 is 2.59 bits per heavy atom. The van der Waals surface area contributed by atoms with Gasteiger partial charge in [0.1, 0.15) is 12.1 Å². The van der Waals surface area contributed by atoms with Crippen molar-refractivity contribution < 1.29 is 22.9 Å². The number of nitrogens with zero attached hydrogens (tertiary/aromatic N) is 4. The normalized spacial score (nSPS) is 12.3. The number of carbonyl (C=O) groups is 1. The molecular weight excluding hydrogens is 435 g/mol. The maximum Gasteiger partial charge on any atom is 0.436 e.